The van der Waals surface area contributed by atoms with Gasteiger partial charge in [0.2, 0.25) is 0 Å². The lowest BCUT2D eigenvalue weighted by Gasteiger charge is -2.33. The molecule has 0 unspecified atom stereocenters. The van der Waals surface area contributed by atoms with Gasteiger partial charge in [0.1, 0.15) is 5.75 Å². The predicted molar refractivity (Wildman–Crippen MR) is 83.5 cm³/mol. The first-order chi connectivity index (χ1) is 10.5. The topological polar surface area (TPSA) is 66.8 Å². The van der Waals surface area contributed by atoms with Gasteiger partial charge in [-0.1, -0.05) is 11.6 Å². The molecule has 1 atom stereocenters. The first kappa shape index (κ1) is 16.6. The van der Waals surface area contributed by atoms with Gasteiger partial charge in [0.15, 0.2) is 0 Å². The van der Waals surface area contributed by atoms with Crippen LogP contribution in [0.4, 0.5) is 0 Å². The van der Waals surface area contributed by atoms with Crippen LogP contribution in [0.3, 0.4) is 0 Å². The molecule has 1 heterocycles. The van der Waals surface area contributed by atoms with Crippen molar-refractivity contribution in [2.24, 2.45) is 5.92 Å². The summed E-state index contributed by atoms with van der Waals surface area (Å²) in [7, 11) is 1.52. The zero-order chi connectivity index (χ0) is 16.1. The van der Waals surface area contributed by atoms with Crippen LogP contribution >= 0.6 is 11.6 Å². The molecule has 5 nitrogen and oxygen atoms in total. The summed E-state index contributed by atoms with van der Waals surface area (Å²) in [5.74, 6) is -0.166. The van der Waals surface area contributed by atoms with Gasteiger partial charge in [0.25, 0.3) is 5.91 Å². The Balaban J connectivity index is 2.08. The Morgan fingerprint density at radius 1 is 1.45 bits per heavy atom. The summed E-state index contributed by atoms with van der Waals surface area (Å²) < 4.78 is 5.23. The van der Waals surface area contributed by atoms with Gasteiger partial charge in [-0.15, -0.1) is 0 Å². The maximum absolute atomic E-state index is 12.7. The summed E-state index contributed by atoms with van der Waals surface area (Å²) in [5.41, 5.74) is 0.453. The largest absolute Gasteiger partial charge is 0.496 e. The number of carboxylic acid groups (broad SMARTS) is 1. The fraction of sp³-hybridized carbons (Fsp3) is 0.500. The number of nitrogens with zero attached hydrogens (tertiary/aromatic N) is 1. The average molecular weight is 326 g/mol. The molecule has 0 saturated carbocycles. The lowest BCUT2D eigenvalue weighted by molar-refractivity contribution is -0.137. The third kappa shape index (κ3) is 4.13. The van der Waals surface area contributed by atoms with E-state index < -0.39 is 5.97 Å². The Morgan fingerprint density at radius 2 is 2.23 bits per heavy atom. The number of carbonyl (C=O) groups is 2. The minimum Gasteiger partial charge on any atom is -0.496 e. The van der Waals surface area contributed by atoms with Crippen molar-refractivity contribution in [3.8, 4) is 5.75 Å². The SMILES string of the molecule is COc1ccc(Cl)cc1C(=O)N1CCC[C@@H](CCC(=O)O)C1. The number of halogens is 1. The third-order valence-corrected chi connectivity index (χ3v) is 4.20. The highest BCUT2D eigenvalue weighted by Gasteiger charge is 2.26. The smallest absolute Gasteiger partial charge is 0.303 e. The lowest BCUT2D eigenvalue weighted by atomic mass is 9.93. The normalized spacial score (nSPS) is 18.1. The van der Waals surface area contributed by atoms with Crippen molar-refractivity contribution in [2.75, 3.05) is 20.2 Å². The Labute approximate surface area is 134 Å². The van der Waals surface area contributed by atoms with Crippen LogP contribution < -0.4 is 4.74 Å². The van der Waals surface area contributed by atoms with Crippen molar-refractivity contribution in [2.45, 2.75) is 25.7 Å². The summed E-state index contributed by atoms with van der Waals surface area (Å²) in [6, 6.07) is 4.98. The number of hydrogen-bond acceptors (Lipinski definition) is 3. The molecular weight excluding hydrogens is 306 g/mol. The van der Waals surface area contributed by atoms with Gasteiger partial charge in [0.05, 0.1) is 12.7 Å². The van der Waals surface area contributed by atoms with Gasteiger partial charge < -0.3 is 14.7 Å². The molecule has 1 saturated heterocycles. The van der Waals surface area contributed by atoms with Crippen LogP contribution in [0.15, 0.2) is 18.2 Å². The van der Waals surface area contributed by atoms with E-state index in [9.17, 15) is 9.59 Å². The summed E-state index contributed by atoms with van der Waals surface area (Å²) in [5, 5.41) is 9.27. The van der Waals surface area contributed by atoms with E-state index in [1.54, 1.807) is 23.1 Å². The summed E-state index contributed by atoms with van der Waals surface area (Å²) in [4.78, 5) is 25.1. The molecule has 0 aromatic heterocycles. The fourth-order valence-corrected chi connectivity index (χ4v) is 3.00. The van der Waals surface area contributed by atoms with Crippen LogP contribution in [-0.4, -0.2) is 42.1 Å². The van der Waals surface area contributed by atoms with Crippen LogP contribution in [-0.2, 0) is 4.79 Å². The van der Waals surface area contributed by atoms with Crippen molar-refractivity contribution in [1.29, 1.82) is 0 Å². The van der Waals surface area contributed by atoms with Gasteiger partial charge in [0, 0.05) is 24.5 Å². The zero-order valence-corrected chi connectivity index (χ0v) is 13.3. The van der Waals surface area contributed by atoms with Crippen molar-refractivity contribution in [3.05, 3.63) is 28.8 Å². The molecule has 1 aromatic carbocycles. The van der Waals surface area contributed by atoms with Crippen LogP contribution in [0.1, 0.15) is 36.0 Å². The van der Waals surface area contributed by atoms with Crippen molar-refractivity contribution in [1.82, 2.24) is 4.90 Å². The Kier molecular flexibility index (Phi) is 5.66. The molecule has 120 valence electrons. The number of carboxylic acids is 1. The third-order valence-electron chi connectivity index (χ3n) is 3.96. The van der Waals surface area contributed by atoms with Gasteiger partial charge >= 0.3 is 5.97 Å². The Bertz CT molecular complexity index is 561. The molecule has 0 bridgehead atoms. The number of likely N-dealkylation sites (tertiary alicyclic amines) is 1. The van der Waals surface area contributed by atoms with E-state index in [-0.39, 0.29) is 18.2 Å². The number of hydrogen-bond donors (Lipinski definition) is 1. The van der Waals surface area contributed by atoms with Gasteiger partial charge in [-0.3, -0.25) is 9.59 Å². The van der Waals surface area contributed by atoms with E-state index in [0.717, 1.165) is 12.8 Å². The molecule has 2 rings (SSSR count). The number of carbonyl (C=O) groups excluding carboxylic acids is 1. The number of piperidine rings is 1. The molecule has 1 aliphatic heterocycles. The first-order valence-corrected chi connectivity index (χ1v) is 7.73. The summed E-state index contributed by atoms with van der Waals surface area (Å²) in [6.07, 6.45) is 2.60. The minimum absolute atomic E-state index is 0.112. The Morgan fingerprint density at radius 3 is 2.91 bits per heavy atom. The molecule has 0 spiro atoms. The highest BCUT2D eigenvalue weighted by Crippen LogP contribution is 2.27. The summed E-state index contributed by atoms with van der Waals surface area (Å²) in [6.45, 7) is 1.26. The van der Waals surface area contributed by atoms with Gasteiger partial charge in [-0.25, -0.2) is 0 Å². The van der Waals surface area contributed by atoms with Gasteiger partial charge in [-0.05, 0) is 43.4 Å². The number of aliphatic carboxylic acids is 1. The standard InChI is InChI=1S/C16H20ClNO4/c1-22-14-6-5-12(17)9-13(14)16(21)18-8-2-3-11(10-18)4-7-15(19)20/h5-6,9,11H,2-4,7-8,10H2,1H3,(H,19,20)/t11-/m0/s1. The van der Waals surface area contributed by atoms with Crippen LogP contribution in [0.2, 0.25) is 5.02 Å². The maximum atomic E-state index is 12.7. The predicted octanol–water partition coefficient (Wildman–Crippen LogP) is 3.07. The first-order valence-electron chi connectivity index (χ1n) is 7.36. The second-order valence-corrected chi connectivity index (χ2v) is 5.97. The molecule has 1 fully saturated rings. The molecule has 0 aliphatic carbocycles. The second kappa shape index (κ2) is 7.49. The number of ether oxygens (including phenoxy) is 1. The van der Waals surface area contributed by atoms with E-state index in [1.165, 1.54) is 7.11 Å². The van der Waals surface area contributed by atoms with Crippen molar-refractivity contribution >= 4 is 23.5 Å². The monoisotopic (exact) mass is 325 g/mol. The number of methoxy groups -OCH3 is 1. The zero-order valence-electron chi connectivity index (χ0n) is 12.5. The van der Waals surface area contributed by atoms with E-state index in [0.29, 0.717) is 35.8 Å². The molecule has 1 aliphatic rings. The number of benzene rings is 1. The minimum atomic E-state index is -0.792. The second-order valence-electron chi connectivity index (χ2n) is 5.54. The van der Waals surface area contributed by atoms with Crippen LogP contribution in [0.25, 0.3) is 0 Å². The van der Waals surface area contributed by atoms with Crippen molar-refractivity contribution < 1.29 is 19.4 Å². The number of amides is 1. The number of rotatable bonds is 5. The van der Waals surface area contributed by atoms with E-state index in [4.69, 9.17) is 21.4 Å². The van der Waals surface area contributed by atoms with Gasteiger partial charge in [-0.2, -0.15) is 0 Å². The van der Waals surface area contributed by atoms with E-state index in [2.05, 4.69) is 0 Å². The average Bonchev–Trinajstić information content (AvgIpc) is 2.52. The highest BCUT2D eigenvalue weighted by molar-refractivity contribution is 6.31. The molecular formula is C16H20ClNO4. The van der Waals surface area contributed by atoms with E-state index in [1.807, 2.05) is 0 Å². The fourth-order valence-electron chi connectivity index (χ4n) is 2.83. The van der Waals surface area contributed by atoms with Crippen molar-refractivity contribution in [3.63, 3.8) is 0 Å². The van der Waals surface area contributed by atoms with E-state index >= 15 is 0 Å². The Hall–Kier alpha value is -1.75. The maximum Gasteiger partial charge on any atom is 0.303 e. The quantitative estimate of drug-likeness (QED) is 0.903. The molecule has 1 amide bonds. The molecule has 1 N–H and O–H groups in total. The van der Waals surface area contributed by atoms with Crippen LogP contribution in [0, 0.1) is 5.92 Å². The molecule has 1 aromatic rings. The lowest BCUT2D eigenvalue weighted by Crippen LogP contribution is -2.40. The molecule has 0 radical (unpaired) electrons. The molecule has 6 heteroatoms. The highest BCUT2D eigenvalue weighted by atomic mass is 35.5. The molecule has 22 heavy (non-hydrogen) atoms. The van der Waals surface area contributed by atoms with Crippen LogP contribution in [0.5, 0.6) is 5.75 Å². The summed E-state index contributed by atoms with van der Waals surface area (Å²) >= 11 is 5.98.